The fourth-order valence-corrected chi connectivity index (χ4v) is 1.96. The van der Waals surface area contributed by atoms with E-state index in [4.69, 9.17) is 5.73 Å². The van der Waals surface area contributed by atoms with Crippen molar-refractivity contribution in [2.24, 2.45) is 10.7 Å². The van der Waals surface area contributed by atoms with Gasteiger partial charge in [0, 0.05) is 17.2 Å². The summed E-state index contributed by atoms with van der Waals surface area (Å²) in [6.45, 7) is 8.57. The number of nitrogens with zero attached hydrogens (tertiary/aromatic N) is 1. The second kappa shape index (κ2) is 7.82. The van der Waals surface area contributed by atoms with Crippen molar-refractivity contribution in [3.05, 3.63) is 42.0 Å². The molecule has 0 saturated heterocycles. The number of nitrogens with one attached hydrogen (secondary N) is 1. The molecule has 0 aliphatic rings. The Kier molecular flexibility index (Phi) is 6.36. The number of nitrogens with two attached hydrogens (primary N) is 1. The van der Waals surface area contributed by atoms with Gasteiger partial charge >= 0.3 is 0 Å². The van der Waals surface area contributed by atoms with Crippen LogP contribution in [0, 0.1) is 13.8 Å². The Morgan fingerprint density at radius 3 is 2.89 bits per heavy atom. The lowest BCUT2D eigenvalue weighted by Crippen LogP contribution is -2.23. The highest BCUT2D eigenvalue weighted by Crippen LogP contribution is 2.13. The number of hydrogen-bond donors (Lipinski definition) is 2. The van der Waals surface area contributed by atoms with Crippen molar-refractivity contribution in [1.29, 1.82) is 0 Å². The zero-order chi connectivity index (χ0) is 13.4. The molecule has 1 aromatic rings. The van der Waals surface area contributed by atoms with Gasteiger partial charge in [0.1, 0.15) is 0 Å². The maximum Gasteiger partial charge on any atom is 0.193 e. The molecule has 3 nitrogen and oxygen atoms in total. The highest BCUT2D eigenvalue weighted by Gasteiger charge is 1.97. The molecule has 3 N–H and O–H groups in total. The maximum absolute atomic E-state index is 5.82. The van der Waals surface area contributed by atoms with Crippen LogP contribution in [0.15, 0.2) is 35.8 Å². The average molecular weight is 263 g/mol. The quantitative estimate of drug-likeness (QED) is 0.359. The molecule has 0 heterocycles. The topological polar surface area (TPSA) is 50.4 Å². The van der Waals surface area contributed by atoms with Gasteiger partial charge in [-0.2, -0.15) is 11.8 Å². The van der Waals surface area contributed by atoms with E-state index in [2.05, 4.69) is 42.9 Å². The number of anilines is 1. The van der Waals surface area contributed by atoms with E-state index in [9.17, 15) is 0 Å². The summed E-state index contributed by atoms with van der Waals surface area (Å²) >= 11 is 1.80. The maximum atomic E-state index is 5.82. The van der Waals surface area contributed by atoms with Gasteiger partial charge in [0.2, 0.25) is 0 Å². The number of rotatable bonds is 6. The monoisotopic (exact) mass is 263 g/mol. The molecule has 1 rings (SSSR count). The van der Waals surface area contributed by atoms with Gasteiger partial charge in [0.25, 0.3) is 0 Å². The van der Waals surface area contributed by atoms with Crippen LogP contribution < -0.4 is 11.1 Å². The minimum absolute atomic E-state index is 0.470. The van der Waals surface area contributed by atoms with Crippen molar-refractivity contribution in [2.45, 2.75) is 13.8 Å². The molecule has 0 radical (unpaired) electrons. The summed E-state index contributed by atoms with van der Waals surface area (Å²) in [5, 5.41) is 3.10. The Balaban J connectivity index is 2.43. The lowest BCUT2D eigenvalue weighted by atomic mass is 10.1. The van der Waals surface area contributed by atoms with E-state index in [1.807, 2.05) is 12.1 Å². The molecule has 18 heavy (non-hydrogen) atoms. The number of benzene rings is 1. The number of aliphatic imine (C=N–C) groups is 1. The van der Waals surface area contributed by atoms with E-state index in [-0.39, 0.29) is 0 Å². The van der Waals surface area contributed by atoms with Gasteiger partial charge in [-0.15, -0.1) is 6.58 Å². The Hall–Kier alpha value is -1.42. The van der Waals surface area contributed by atoms with Gasteiger partial charge in [-0.05, 0) is 37.1 Å². The van der Waals surface area contributed by atoms with Crippen molar-refractivity contribution >= 4 is 23.4 Å². The van der Waals surface area contributed by atoms with E-state index in [0.29, 0.717) is 5.96 Å². The minimum Gasteiger partial charge on any atom is -0.370 e. The van der Waals surface area contributed by atoms with Crippen LogP contribution in [-0.2, 0) is 0 Å². The fraction of sp³-hybridized carbons (Fsp3) is 0.357. The molecule has 0 spiro atoms. The van der Waals surface area contributed by atoms with Crippen LogP contribution in [0.2, 0.25) is 0 Å². The molecule has 0 saturated carbocycles. The summed E-state index contributed by atoms with van der Waals surface area (Å²) in [7, 11) is 0. The summed E-state index contributed by atoms with van der Waals surface area (Å²) in [4.78, 5) is 4.27. The Morgan fingerprint density at radius 1 is 1.44 bits per heavy atom. The molecule has 0 atom stereocenters. The SMILES string of the molecule is C=CCSCCN=C(N)Nc1ccc(C)c(C)c1. The van der Waals surface area contributed by atoms with E-state index < -0.39 is 0 Å². The van der Waals surface area contributed by atoms with Crippen molar-refractivity contribution in [3.8, 4) is 0 Å². The first-order chi connectivity index (χ1) is 8.63. The molecular weight excluding hydrogens is 242 g/mol. The Labute approximate surface area is 114 Å². The van der Waals surface area contributed by atoms with Crippen LogP contribution in [-0.4, -0.2) is 24.0 Å². The van der Waals surface area contributed by atoms with Crippen LogP contribution in [0.25, 0.3) is 0 Å². The van der Waals surface area contributed by atoms with E-state index in [1.54, 1.807) is 11.8 Å². The van der Waals surface area contributed by atoms with Gasteiger partial charge in [0.15, 0.2) is 5.96 Å². The Morgan fingerprint density at radius 2 is 2.22 bits per heavy atom. The largest absolute Gasteiger partial charge is 0.370 e. The molecule has 0 aliphatic carbocycles. The van der Waals surface area contributed by atoms with Crippen molar-refractivity contribution in [3.63, 3.8) is 0 Å². The van der Waals surface area contributed by atoms with Gasteiger partial charge in [-0.25, -0.2) is 0 Å². The third-order valence-electron chi connectivity index (χ3n) is 2.53. The zero-order valence-electron chi connectivity index (χ0n) is 11.1. The predicted molar refractivity (Wildman–Crippen MR) is 83.6 cm³/mol. The minimum atomic E-state index is 0.470. The van der Waals surface area contributed by atoms with Crippen LogP contribution in [0.5, 0.6) is 0 Å². The second-order valence-corrected chi connectivity index (χ2v) is 5.20. The molecule has 0 aliphatic heterocycles. The van der Waals surface area contributed by atoms with E-state index in [1.165, 1.54) is 11.1 Å². The van der Waals surface area contributed by atoms with Crippen LogP contribution in [0.1, 0.15) is 11.1 Å². The third-order valence-corrected chi connectivity index (χ3v) is 3.48. The first-order valence-electron chi connectivity index (χ1n) is 5.96. The third kappa shape index (κ3) is 5.27. The summed E-state index contributed by atoms with van der Waals surface area (Å²) < 4.78 is 0. The van der Waals surface area contributed by atoms with Gasteiger partial charge in [-0.3, -0.25) is 4.99 Å². The first-order valence-corrected chi connectivity index (χ1v) is 7.12. The molecule has 0 amide bonds. The predicted octanol–water partition coefficient (Wildman–Crippen LogP) is 2.95. The van der Waals surface area contributed by atoms with Crippen molar-refractivity contribution < 1.29 is 0 Å². The number of aryl methyl sites for hydroxylation is 2. The molecule has 0 fully saturated rings. The standard InChI is InChI=1S/C14H21N3S/c1-4-8-18-9-7-16-14(15)17-13-6-5-11(2)12(3)10-13/h4-6,10H,1,7-9H2,2-3H3,(H3,15,16,17). The highest BCUT2D eigenvalue weighted by molar-refractivity contribution is 7.99. The zero-order valence-corrected chi connectivity index (χ0v) is 11.9. The molecule has 0 bridgehead atoms. The van der Waals surface area contributed by atoms with Crippen LogP contribution in [0.4, 0.5) is 5.69 Å². The number of hydrogen-bond acceptors (Lipinski definition) is 2. The molecule has 98 valence electrons. The van der Waals surface area contributed by atoms with E-state index in [0.717, 1.165) is 23.7 Å². The number of thioether (sulfide) groups is 1. The average Bonchev–Trinajstić information content (AvgIpc) is 2.34. The van der Waals surface area contributed by atoms with Gasteiger partial charge in [-0.1, -0.05) is 12.1 Å². The summed E-state index contributed by atoms with van der Waals surface area (Å²) in [5.74, 6) is 2.39. The summed E-state index contributed by atoms with van der Waals surface area (Å²) in [6, 6.07) is 6.16. The van der Waals surface area contributed by atoms with E-state index >= 15 is 0 Å². The molecular formula is C14H21N3S. The van der Waals surface area contributed by atoms with Gasteiger partial charge in [0.05, 0.1) is 6.54 Å². The fourth-order valence-electron chi connectivity index (χ4n) is 1.40. The molecule has 0 aromatic heterocycles. The normalized spacial score (nSPS) is 11.3. The van der Waals surface area contributed by atoms with Crippen molar-refractivity contribution in [1.82, 2.24) is 0 Å². The first kappa shape index (κ1) is 14.6. The lowest BCUT2D eigenvalue weighted by molar-refractivity contribution is 1.13. The Bertz CT molecular complexity index is 427. The van der Waals surface area contributed by atoms with Crippen LogP contribution in [0.3, 0.4) is 0 Å². The smallest absolute Gasteiger partial charge is 0.193 e. The summed E-state index contributed by atoms with van der Waals surface area (Å²) in [6.07, 6.45) is 1.89. The van der Waals surface area contributed by atoms with Crippen LogP contribution >= 0.6 is 11.8 Å². The highest BCUT2D eigenvalue weighted by atomic mass is 32.2. The molecule has 0 unspecified atom stereocenters. The molecule has 1 aromatic carbocycles. The van der Waals surface area contributed by atoms with Gasteiger partial charge < -0.3 is 11.1 Å². The number of guanidine groups is 1. The van der Waals surface area contributed by atoms with Crippen molar-refractivity contribution in [2.75, 3.05) is 23.4 Å². The second-order valence-electron chi connectivity index (χ2n) is 4.05. The lowest BCUT2D eigenvalue weighted by Gasteiger charge is -2.08. The summed E-state index contributed by atoms with van der Waals surface area (Å²) in [5.41, 5.74) is 9.32. The molecule has 4 heteroatoms.